The first-order valence-electron chi connectivity index (χ1n) is 10.9. The number of hydrogen-bond donors (Lipinski definition) is 4. The Morgan fingerprint density at radius 3 is 1.23 bits per heavy atom. The maximum Gasteiger partial charge on any atom is 0.207 e. The zero-order valence-corrected chi connectivity index (χ0v) is 20.6. The fraction of sp³-hybridized carbons (Fsp3) is 0.143. The molecule has 0 fully saturated rings. The van der Waals surface area contributed by atoms with E-state index >= 15 is 0 Å². The van der Waals surface area contributed by atoms with Crippen molar-refractivity contribution >= 4 is 9.84 Å². The van der Waals surface area contributed by atoms with Crippen LogP contribution in [0.1, 0.15) is 22.3 Å². The van der Waals surface area contributed by atoms with Gasteiger partial charge in [-0.1, -0.05) is 12.1 Å². The van der Waals surface area contributed by atoms with Crippen molar-refractivity contribution < 1.29 is 28.8 Å². The van der Waals surface area contributed by atoms with Crippen LogP contribution in [-0.4, -0.2) is 28.8 Å². The molecule has 0 radical (unpaired) electrons. The molecule has 4 aromatic rings. The van der Waals surface area contributed by atoms with E-state index in [0.717, 1.165) is 0 Å². The molecule has 0 heterocycles. The van der Waals surface area contributed by atoms with E-state index in [2.05, 4.69) is 0 Å². The third-order valence-electron chi connectivity index (χ3n) is 6.59. The van der Waals surface area contributed by atoms with Crippen LogP contribution in [0.15, 0.2) is 70.5 Å². The van der Waals surface area contributed by atoms with Gasteiger partial charge in [-0.3, -0.25) is 0 Å². The summed E-state index contributed by atoms with van der Waals surface area (Å²) in [5.74, 6) is -0.0395. The van der Waals surface area contributed by atoms with Gasteiger partial charge in [0.15, 0.2) is 0 Å². The fourth-order valence-corrected chi connectivity index (χ4v) is 6.20. The molecule has 35 heavy (non-hydrogen) atoms. The van der Waals surface area contributed by atoms with E-state index < -0.39 is 9.84 Å². The number of aromatic hydroxyl groups is 4. The summed E-state index contributed by atoms with van der Waals surface area (Å²) in [5, 5.41) is 40.2. The lowest BCUT2D eigenvalue weighted by Crippen LogP contribution is -2.09. The van der Waals surface area contributed by atoms with Crippen molar-refractivity contribution in [2.45, 2.75) is 37.5 Å². The Hall–Kier alpha value is -3.97. The van der Waals surface area contributed by atoms with E-state index in [1.165, 1.54) is 48.5 Å². The molecular formula is C28H26O6S. The first-order chi connectivity index (χ1) is 16.4. The molecule has 180 valence electrons. The van der Waals surface area contributed by atoms with Crippen molar-refractivity contribution in [2.24, 2.45) is 0 Å². The van der Waals surface area contributed by atoms with E-state index in [1.807, 2.05) is 0 Å². The number of sulfone groups is 1. The van der Waals surface area contributed by atoms with E-state index in [4.69, 9.17) is 0 Å². The van der Waals surface area contributed by atoms with Gasteiger partial charge in [-0.2, -0.15) is 0 Å². The lowest BCUT2D eigenvalue weighted by atomic mass is 9.96. The average molecular weight is 491 g/mol. The Morgan fingerprint density at radius 2 is 0.857 bits per heavy atom. The van der Waals surface area contributed by atoms with Crippen molar-refractivity contribution in [3.05, 3.63) is 82.9 Å². The summed E-state index contributed by atoms with van der Waals surface area (Å²) in [6, 6.07) is 14.7. The van der Waals surface area contributed by atoms with Crippen LogP contribution in [-0.2, 0) is 9.84 Å². The van der Waals surface area contributed by atoms with E-state index in [1.54, 1.807) is 39.8 Å². The Kier molecular flexibility index (Phi) is 5.99. The fourth-order valence-electron chi connectivity index (χ4n) is 4.36. The maximum absolute atomic E-state index is 13.7. The Labute approximate surface area is 204 Å². The molecule has 0 bridgehead atoms. The Bertz CT molecular complexity index is 1470. The first kappa shape index (κ1) is 24.2. The quantitative estimate of drug-likeness (QED) is 0.264. The van der Waals surface area contributed by atoms with Crippen LogP contribution in [0.25, 0.3) is 22.3 Å². The van der Waals surface area contributed by atoms with Gasteiger partial charge >= 0.3 is 0 Å². The average Bonchev–Trinajstić information content (AvgIpc) is 2.80. The summed E-state index contributed by atoms with van der Waals surface area (Å²) in [6.07, 6.45) is 0. The highest BCUT2D eigenvalue weighted by Crippen LogP contribution is 2.40. The summed E-state index contributed by atoms with van der Waals surface area (Å²) in [5.41, 5.74) is 4.49. The van der Waals surface area contributed by atoms with Gasteiger partial charge in [0.1, 0.15) is 23.0 Å². The summed E-state index contributed by atoms with van der Waals surface area (Å²) in [6.45, 7) is 6.98. The molecule has 6 nitrogen and oxygen atoms in total. The van der Waals surface area contributed by atoms with Gasteiger partial charge in [0.25, 0.3) is 0 Å². The highest BCUT2D eigenvalue weighted by molar-refractivity contribution is 7.91. The molecule has 0 aliphatic rings. The molecule has 0 unspecified atom stereocenters. The zero-order chi connectivity index (χ0) is 25.7. The van der Waals surface area contributed by atoms with Crippen LogP contribution in [0.2, 0.25) is 0 Å². The lowest BCUT2D eigenvalue weighted by Gasteiger charge is -2.18. The molecule has 0 aliphatic heterocycles. The molecule has 0 saturated heterocycles. The van der Waals surface area contributed by atoms with Gasteiger partial charge in [-0.15, -0.1) is 0 Å². The molecule has 4 rings (SSSR count). The van der Waals surface area contributed by atoms with Crippen LogP contribution in [0.3, 0.4) is 0 Å². The number of hydrogen-bond acceptors (Lipinski definition) is 6. The first-order valence-corrected chi connectivity index (χ1v) is 12.4. The van der Waals surface area contributed by atoms with E-state index in [0.29, 0.717) is 44.5 Å². The van der Waals surface area contributed by atoms with Gasteiger partial charge in [-0.25, -0.2) is 8.42 Å². The van der Waals surface area contributed by atoms with E-state index in [9.17, 15) is 28.8 Å². The monoisotopic (exact) mass is 490 g/mol. The minimum Gasteiger partial charge on any atom is -0.508 e. The summed E-state index contributed by atoms with van der Waals surface area (Å²) in [7, 11) is -3.90. The molecule has 7 heteroatoms. The van der Waals surface area contributed by atoms with Gasteiger partial charge < -0.3 is 20.4 Å². The van der Waals surface area contributed by atoms with Crippen molar-refractivity contribution in [1.29, 1.82) is 0 Å². The third-order valence-corrected chi connectivity index (χ3v) is 8.64. The van der Waals surface area contributed by atoms with Crippen molar-refractivity contribution in [1.82, 2.24) is 0 Å². The summed E-state index contributed by atoms with van der Waals surface area (Å²) in [4.78, 5) is 0.294. The third kappa shape index (κ3) is 4.08. The van der Waals surface area contributed by atoms with E-state index in [-0.39, 0.29) is 32.8 Å². The predicted octanol–water partition coefficient (Wildman–Crippen LogP) is 5.91. The van der Waals surface area contributed by atoms with Gasteiger partial charge in [-0.05, 0) is 110 Å². The second-order valence-corrected chi connectivity index (χ2v) is 10.5. The molecule has 0 aliphatic carbocycles. The standard InChI is InChI=1S/C28H26O6S/c1-15-17(3)27(11-7-21(15)23-13-19(29)5-9-25(23)31)35(33,34)28-12-8-22(16(2)18(28)4)24-14-20(30)6-10-26(24)32/h5-14,29-32H,1-4H3. The maximum atomic E-state index is 13.7. The summed E-state index contributed by atoms with van der Waals surface area (Å²) >= 11 is 0. The lowest BCUT2D eigenvalue weighted by molar-refractivity contribution is 0.462. The minimum absolute atomic E-state index is 0.00416. The Morgan fingerprint density at radius 1 is 0.486 bits per heavy atom. The molecule has 0 atom stereocenters. The van der Waals surface area contributed by atoms with Gasteiger partial charge in [0, 0.05) is 11.1 Å². The molecule has 4 aromatic carbocycles. The Balaban J connectivity index is 1.85. The molecule has 4 N–H and O–H groups in total. The van der Waals surface area contributed by atoms with Crippen LogP contribution < -0.4 is 0 Å². The normalized spacial score (nSPS) is 11.5. The smallest absolute Gasteiger partial charge is 0.207 e. The number of benzene rings is 4. The van der Waals surface area contributed by atoms with Crippen LogP contribution in [0, 0.1) is 27.7 Å². The molecule has 0 saturated carbocycles. The van der Waals surface area contributed by atoms with Crippen LogP contribution >= 0.6 is 0 Å². The SMILES string of the molecule is Cc1c(-c2cc(O)ccc2O)ccc(S(=O)(=O)c2ccc(-c3cc(O)ccc3O)c(C)c2C)c1C. The topological polar surface area (TPSA) is 115 Å². The second-order valence-electron chi connectivity index (χ2n) is 8.63. The van der Waals surface area contributed by atoms with Crippen molar-refractivity contribution in [3.63, 3.8) is 0 Å². The highest BCUT2D eigenvalue weighted by Gasteiger charge is 2.26. The highest BCUT2D eigenvalue weighted by atomic mass is 32.2. The number of phenols is 4. The second kappa shape index (κ2) is 8.67. The molecular weight excluding hydrogens is 464 g/mol. The molecule has 0 aromatic heterocycles. The molecule has 0 amide bonds. The van der Waals surface area contributed by atoms with Crippen molar-refractivity contribution in [3.8, 4) is 45.3 Å². The van der Waals surface area contributed by atoms with Crippen LogP contribution in [0.5, 0.6) is 23.0 Å². The zero-order valence-electron chi connectivity index (χ0n) is 19.8. The largest absolute Gasteiger partial charge is 0.508 e. The number of rotatable bonds is 4. The minimum atomic E-state index is -3.90. The van der Waals surface area contributed by atoms with Gasteiger partial charge in [0.2, 0.25) is 9.84 Å². The van der Waals surface area contributed by atoms with Gasteiger partial charge in [0.05, 0.1) is 9.79 Å². The molecule has 0 spiro atoms. The van der Waals surface area contributed by atoms with Crippen molar-refractivity contribution in [2.75, 3.05) is 0 Å². The van der Waals surface area contributed by atoms with Crippen LogP contribution in [0.4, 0.5) is 0 Å². The predicted molar refractivity (Wildman–Crippen MR) is 135 cm³/mol. The number of phenolic OH excluding ortho intramolecular Hbond substituents is 4. The summed E-state index contributed by atoms with van der Waals surface area (Å²) < 4.78 is 27.5.